The minimum atomic E-state index is -0.0170. The number of hydrogen-bond acceptors (Lipinski definition) is 2. The van der Waals surface area contributed by atoms with Crippen molar-refractivity contribution in [2.45, 2.75) is 19.9 Å². The zero-order valence-corrected chi connectivity index (χ0v) is 11.9. The molecule has 0 saturated heterocycles. The van der Waals surface area contributed by atoms with Crippen LogP contribution in [0, 0.1) is 0 Å². The molecule has 1 atom stereocenters. The zero-order chi connectivity index (χ0) is 12.0. The summed E-state index contributed by atoms with van der Waals surface area (Å²) in [4.78, 5) is 11.9. The maximum absolute atomic E-state index is 11.9. The molecule has 88 valence electrons. The Kier molecular flexibility index (Phi) is 5.91. The number of carbonyl (C=O) groups is 1. The molecule has 1 rings (SSSR count). The van der Waals surface area contributed by atoms with Crippen LogP contribution in [0.25, 0.3) is 0 Å². The van der Waals surface area contributed by atoms with Gasteiger partial charge in [0.15, 0.2) is 0 Å². The van der Waals surface area contributed by atoms with Crippen molar-refractivity contribution >= 4 is 33.6 Å². The van der Waals surface area contributed by atoms with Crippen LogP contribution in [-0.2, 0) is 0 Å². The molecule has 0 aliphatic rings. The fourth-order valence-electron chi connectivity index (χ4n) is 1.28. The number of halogens is 1. The molecule has 1 aromatic rings. The molecule has 1 amide bonds. The van der Waals surface area contributed by atoms with E-state index in [0.717, 1.165) is 16.0 Å². The summed E-state index contributed by atoms with van der Waals surface area (Å²) in [7, 11) is 0. The van der Waals surface area contributed by atoms with Gasteiger partial charge < -0.3 is 5.32 Å². The summed E-state index contributed by atoms with van der Waals surface area (Å²) in [6.07, 6.45) is 0. The minimum absolute atomic E-state index is 0.0170. The Balaban J connectivity index is 2.56. The van der Waals surface area contributed by atoms with Gasteiger partial charge in [0.25, 0.3) is 5.91 Å². The van der Waals surface area contributed by atoms with Gasteiger partial charge in [-0.15, -0.1) is 0 Å². The average molecular weight is 302 g/mol. The zero-order valence-electron chi connectivity index (χ0n) is 9.50. The molecular weight excluding hydrogens is 286 g/mol. The summed E-state index contributed by atoms with van der Waals surface area (Å²) in [5.74, 6) is 2.01. The second-order valence-electron chi connectivity index (χ2n) is 3.51. The molecule has 1 aromatic carbocycles. The maximum atomic E-state index is 11.9. The monoisotopic (exact) mass is 301 g/mol. The number of nitrogens with one attached hydrogen (secondary N) is 1. The van der Waals surface area contributed by atoms with Gasteiger partial charge in [-0.1, -0.05) is 19.1 Å². The van der Waals surface area contributed by atoms with Crippen LogP contribution < -0.4 is 5.32 Å². The fourth-order valence-corrected chi connectivity index (χ4v) is 2.42. The molecule has 2 nitrogen and oxygen atoms in total. The lowest BCUT2D eigenvalue weighted by atomic mass is 10.2. The summed E-state index contributed by atoms with van der Waals surface area (Å²) < 4.78 is 0.836. The van der Waals surface area contributed by atoms with Crippen LogP contribution in [0.3, 0.4) is 0 Å². The van der Waals surface area contributed by atoms with E-state index in [1.54, 1.807) is 0 Å². The van der Waals surface area contributed by atoms with Crippen molar-refractivity contribution in [3.8, 4) is 0 Å². The van der Waals surface area contributed by atoms with Crippen molar-refractivity contribution in [2.75, 3.05) is 11.5 Å². The molecule has 0 bridgehead atoms. The summed E-state index contributed by atoms with van der Waals surface area (Å²) in [6.45, 7) is 4.14. The number of benzene rings is 1. The average Bonchev–Trinajstić information content (AvgIpc) is 2.26. The first-order valence-electron chi connectivity index (χ1n) is 5.28. The molecule has 0 spiro atoms. The molecule has 0 aliphatic heterocycles. The van der Waals surface area contributed by atoms with Gasteiger partial charge in [-0.25, -0.2) is 0 Å². The molecule has 16 heavy (non-hydrogen) atoms. The Bertz CT molecular complexity index is 357. The van der Waals surface area contributed by atoms with Gasteiger partial charge in [-0.2, -0.15) is 11.8 Å². The molecule has 0 aliphatic carbocycles. The molecule has 0 heterocycles. The standard InChI is InChI=1S/C12H16BrNOS/c1-3-16-8-9(2)14-12(15)10-6-4-5-7-11(10)13/h4-7,9H,3,8H2,1-2H3,(H,14,15). The Labute approximate surface area is 109 Å². The van der Waals surface area contributed by atoms with Gasteiger partial charge in [-0.3, -0.25) is 4.79 Å². The van der Waals surface area contributed by atoms with Gasteiger partial charge >= 0.3 is 0 Å². The topological polar surface area (TPSA) is 29.1 Å². The SMILES string of the molecule is CCSCC(C)NC(=O)c1ccccc1Br. The smallest absolute Gasteiger partial charge is 0.252 e. The molecule has 1 unspecified atom stereocenters. The molecule has 4 heteroatoms. The van der Waals surface area contributed by atoms with Gasteiger partial charge in [0.05, 0.1) is 5.56 Å². The van der Waals surface area contributed by atoms with E-state index in [0.29, 0.717) is 5.56 Å². The van der Waals surface area contributed by atoms with E-state index in [2.05, 4.69) is 28.2 Å². The van der Waals surface area contributed by atoms with Crippen LogP contribution in [0.5, 0.6) is 0 Å². The number of amides is 1. The van der Waals surface area contributed by atoms with Crippen LogP contribution in [0.4, 0.5) is 0 Å². The second kappa shape index (κ2) is 6.97. The Hall–Kier alpha value is -0.480. The Morgan fingerprint density at radius 1 is 1.50 bits per heavy atom. The van der Waals surface area contributed by atoms with Crippen LogP contribution in [0.1, 0.15) is 24.2 Å². The van der Waals surface area contributed by atoms with E-state index in [4.69, 9.17) is 0 Å². The lowest BCUT2D eigenvalue weighted by Crippen LogP contribution is -2.34. The summed E-state index contributed by atoms with van der Waals surface area (Å²) in [6, 6.07) is 7.66. The highest BCUT2D eigenvalue weighted by Crippen LogP contribution is 2.15. The highest BCUT2D eigenvalue weighted by molar-refractivity contribution is 9.10. The Morgan fingerprint density at radius 2 is 2.19 bits per heavy atom. The fraction of sp³-hybridized carbons (Fsp3) is 0.417. The molecular formula is C12H16BrNOS. The van der Waals surface area contributed by atoms with Crippen molar-refractivity contribution in [1.82, 2.24) is 5.32 Å². The van der Waals surface area contributed by atoms with Crippen molar-refractivity contribution < 1.29 is 4.79 Å². The number of carbonyl (C=O) groups excluding carboxylic acids is 1. The number of hydrogen-bond donors (Lipinski definition) is 1. The largest absolute Gasteiger partial charge is 0.349 e. The summed E-state index contributed by atoms with van der Waals surface area (Å²) in [5, 5.41) is 2.98. The van der Waals surface area contributed by atoms with Gasteiger partial charge in [0, 0.05) is 16.3 Å². The quantitative estimate of drug-likeness (QED) is 0.904. The van der Waals surface area contributed by atoms with Crippen LogP contribution in [0.15, 0.2) is 28.7 Å². The third kappa shape index (κ3) is 4.18. The number of rotatable bonds is 5. The normalized spacial score (nSPS) is 12.2. The highest BCUT2D eigenvalue weighted by Gasteiger charge is 2.11. The second-order valence-corrected chi connectivity index (χ2v) is 5.69. The predicted molar refractivity (Wildman–Crippen MR) is 74.1 cm³/mol. The van der Waals surface area contributed by atoms with E-state index in [9.17, 15) is 4.79 Å². The van der Waals surface area contributed by atoms with Gasteiger partial charge in [0.2, 0.25) is 0 Å². The van der Waals surface area contributed by atoms with Crippen LogP contribution >= 0.6 is 27.7 Å². The molecule has 0 saturated carbocycles. The van der Waals surface area contributed by atoms with Gasteiger partial charge in [0.1, 0.15) is 0 Å². The van der Waals surface area contributed by atoms with E-state index < -0.39 is 0 Å². The molecule has 0 aromatic heterocycles. The third-order valence-electron chi connectivity index (χ3n) is 2.07. The first-order valence-corrected chi connectivity index (χ1v) is 7.23. The van der Waals surface area contributed by atoms with Crippen molar-refractivity contribution in [3.63, 3.8) is 0 Å². The van der Waals surface area contributed by atoms with Crippen molar-refractivity contribution in [1.29, 1.82) is 0 Å². The van der Waals surface area contributed by atoms with Crippen molar-refractivity contribution in [2.24, 2.45) is 0 Å². The molecule has 0 fully saturated rings. The van der Waals surface area contributed by atoms with E-state index in [-0.39, 0.29) is 11.9 Å². The first kappa shape index (κ1) is 13.6. The van der Waals surface area contributed by atoms with E-state index >= 15 is 0 Å². The molecule has 0 radical (unpaired) electrons. The highest BCUT2D eigenvalue weighted by atomic mass is 79.9. The summed E-state index contributed by atoms with van der Waals surface area (Å²) >= 11 is 5.20. The first-order chi connectivity index (χ1) is 7.65. The van der Waals surface area contributed by atoms with E-state index in [1.165, 1.54) is 0 Å². The van der Waals surface area contributed by atoms with Crippen LogP contribution in [0.2, 0.25) is 0 Å². The van der Waals surface area contributed by atoms with Gasteiger partial charge in [-0.05, 0) is 40.7 Å². The van der Waals surface area contributed by atoms with E-state index in [1.807, 2.05) is 43.0 Å². The minimum Gasteiger partial charge on any atom is -0.349 e. The maximum Gasteiger partial charge on any atom is 0.252 e. The lowest BCUT2D eigenvalue weighted by molar-refractivity contribution is 0.0943. The Morgan fingerprint density at radius 3 is 2.81 bits per heavy atom. The number of thioether (sulfide) groups is 1. The summed E-state index contributed by atoms with van der Waals surface area (Å²) in [5.41, 5.74) is 0.691. The third-order valence-corrected chi connectivity index (χ3v) is 3.90. The van der Waals surface area contributed by atoms with Crippen LogP contribution in [-0.4, -0.2) is 23.5 Å². The lowest BCUT2D eigenvalue weighted by Gasteiger charge is -2.13. The van der Waals surface area contributed by atoms with Crippen molar-refractivity contribution in [3.05, 3.63) is 34.3 Å². The predicted octanol–water partition coefficient (Wildman–Crippen LogP) is 3.32. The molecule has 1 N–H and O–H groups in total.